The summed E-state index contributed by atoms with van der Waals surface area (Å²) < 4.78 is 19.1. The second-order valence-corrected chi connectivity index (χ2v) is 5.00. The van der Waals surface area contributed by atoms with Crippen molar-refractivity contribution in [2.75, 3.05) is 0 Å². The SMILES string of the molecule is CCC(C)NC(=O)C(C)Oc1cccc(F)c1C(N)=S. The molecule has 1 rings (SSSR count). The predicted octanol–water partition coefficient (Wildman–Crippen LogP) is 2.14. The first kappa shape index (κ1) is 16.4. The summed E-state index contributed by atoms with van der Waals surface area (Å²) in [5, 5.41) is 2.79. The average molecular weight is 298 g/mol. The molecule has 0 aliphatic heterocycles. The maximum atomic E-state index is 13.7. The lowest BCUT2D eigenvalue weighted by Gasteiger charge is -2.19. The number of hydrogen-bond acceptors (Lipinski definition) is 3. The Morgan fingerprint density at radius 3 is 2.70 bits per heavy atom. The number of carbonyl (C=O) groups excluding carboxylic acids is 1. The van der Waals surface area contributed by atoms with Crippen LogP contribution in [-0.2, 0) is 4.79 Å². The highest BCUT2D eigenvalue weighted by atomic mass is 32.1. The standard InChI is InChI=1S/C14H19FN2O2S/c1-4-8(2)17-14(18)9(3)19-11-7-5-6-10(15)12(11)13(16)20/h5-9H,4H2,1-3H3,(H2,16,20)(H,17,18). The Morgan fingerprint density at radius 2 is 2.15 bits per heavy atom. The van der Waals surface area contributed by atoms with E-state index in [1.807, 2.05) is 13.8 Å². The second kappa shape index (κ2) is 7.19. The van der Waals surface area contributed by atoms with Gasteiger partial charge in [-0.2, -0.15) is 0 Å². The molecule has 1 aromatic carbocycles. The van der Waals surface area contributed by atoms with Crippen molar-refractivity contribution in [1.29, 1.82) is 0 Å². The molecule has 0 saturated carbocycles. The minimum atomic E-state index is -0.765. The van der Waals surface area contributed by atoms with E-state index >= 15 is 0 Å². The molecule has 6 heteroatoms. The van der Waals surface area contributed by atoms with Gasteiger partial charge in [-0.1, -0.05) is 25.2 Å². The molecule has 1 aromatic rings. The van der Waals surface area contributed by atoms with Crippen LogP contribution in [0.15, 0.2) is 18.2 Å². The number of halogens is 1. The Hall–Kier alpha value is -1.69. The first-order chi connectivity index (χ1) is 9.36. The van der Waals surface area contributed by atoms with Gasteiger partial charge in [-0.05, 0) is 32.4 Å². The number of nitrogens with one attached hydrogen (secondary N) is 1. The zero-order chi connectivity index (χ0) is 15.3. The van der Waals surface area contributed by atoms with Crippen molar-refractivity contribution in [3.63, 3.8) is 0 Å². The van der Waals surface area contributed by atoms with Gasteiger partial charge in [0, 0.05) is 6.04 Å². The summed E-state index contributed by atoms with van der Waals surface area (Å²) >= 11 is 4.80. The van der Waals surface area contributed by atoms with Crippen molar-refractivity contribution in [2.45, 2.75) is 39.3 Å². The fourth-order valence-corrected chi connectivity index (χ4v) is 1.75. The fraction of sp³-hybridized carbons (Fsp3) is 0.429. The molecular weight excluding hydrogens is 279 g/mol. The summed E-state index contributed by atoms with van der Waals surface area (Å²) in [6.07, 6.45) is 0.0511. The zero-order valence-electron chi connectivity index (χ0n) is 11.8. The van der Waals surface area contributed by atoms with Crippen LogP contribution in [-0.4, -0.2) is 23.0 Å². The van der Waals surface area contributed by atoms with Crippen LogP contribution in [0.3, 0.4) is 0 Å². The van der Waals surface area contributed by atoms with Crippen molar-refractivity contribution in [2.24, 2.45) is 5.73 Å². The highest BCUT2D eigenvalue weighted by Gasteiger charge is 2.20. The molecule has 0 fully saturated rings. The lowest BCUT2D eigenvalue weighted by atomic mass is 10.2. The molecule has 0 heterocycles. The van der Waals surface area contributed by atoms with Crippen LogP contribution in [0.4, 0.5) is 4.39 Å². The third-order valence-electron chi connectivity index (χ3n) is 2.90. The highest BCUT2D eigenvalue weighted by molar-refractivity contribution is 7.80. The van der Waals surface area contributed by atoms with Crippen molar-refractivity contribution < 1.29 is 13.9 Å². The molecule has 2 unspecified atom stereocenters. The molecule has 0 spiro atoms. The van der Waals surface area contributed by atoms with Gasteiger partial charge in [-0.25, -0.2) is 4.39 Å². The van der Waals surface area contributed by atoms with E-state index < -0.39 is 11.9 Å². The third kappa shape index (κ3) is 4.16. The minimum absolute atomic E-state index is 0.0192. The van der Waals surface area contributed by atoms with Crippen LogP contribution < -0.4 is 15.8 Å². The topological polar surface area (TPSA) is 64.3 Å². The van der Waals surface area contributed by atoms with Gasteiger partial charge in [0.25, 0.3) is 5.91 Å². The van der Waals surface area contributed by atoms with Crippen molar-refractivity contribution in [1.82, 2.24) is 5.32 Å². The number of rotatable bonds is 6. The molecule has 4 nitrogen and oxygen atoms in total. The number of ether oxygens (including phenoxy) is 1. The maximum Gasteiger partial charge on any atom is 0.260 e. The van der Waals surface area contributed by atoms with Gasteiger partial charge < -0.3 is 15.8 Å². The van der Waals surface area contributed by atoms with Gasteiger partial charge in [0.2, 0.25) is 0 Å². The molecule has 0 radical (unpaired) electrons. The van der Waals surface area contributed by atoms with E-state index in [1.165, 1.54) is 18.2 Å². The Bertz CT molecular complexity index is 508. The molecular formula is C14H19FN2O2S. The molecule has 1 amide bonds. The predicted molar refractivity (Wildman–Crippen MR) is 80.3 cm³/mol. The van der Waals surface area contributed by atoms with E-state index in [2.05, 4.69) is 5.32 Å². The molecule has 0 aliphatic carbocycles. The summed E-state index contributed by atoms with van der Waals surface area (Å²) in [4.78, 5) is 11.8. The third-order valence-corrected chi connectivity index (χ3v) is 3.10. The van der Waals surface area contributed by atoms with Gasteiger partial charge in [0.15, 0.2) is 6.10 Å². The Labute approximate surface area is 123 Å². The summed E-state index contributed by atoms with van der Waals surface area (Å²) in [6.45, 7) is 5.45. The molecule has 110 valence electrons. The van der Waals surface area contributed by atoms with Gasteiger partial charge in [0.05, 0.1) is 5.56 Å². The Balaban J connectivity index is 2.86. The second-order valence-electron chi connectivity index (χ2n) is 4.56. The van der Waals surface area contributed by atoms with Crippen molar-refractivity contribution in [3.8, 4) is 5.75 Å². The number of hydrogen-bond donors (Lipinski definition) is 2. The van der Waals surface area contributed by atoms with Crippen molar-refractivity contribution in [3.05, 3.63) is 29.6 Å². The quantitative estimate of drug-likeness (QED) is 0.790. The molecule has 0 aromatic heterocycles. The zero-order valence-corrected chi connectivity index (χ0v) is 12.6. The monoisotopic (exact) mass is 298 g/mol. The number of carbonyl (C=O) groups is 1. The maximum absolute atomic E-state index is 13.7. The van der Waals surface area contributed by atoms with E-state index in [9.17, 15) is 9.18 Å². The lowest BCUT2D eigenvalue weighted by Crippen LogP contribution is -2.41. The van der Waals surface area contributed by atoms with E-state index in [-0.39, 0.29) is 28.3 Å². The van der Waals surface area contributed by atoms with E-state index in [0.29, 0.717) is 0 Å². The van der Waals surface area contributed by atoms with Crippen LogP contribution in [0.5, 0.6) is 5.75 Å². The molecule has 3 N–H and O–H groups in total. The van der Waals surface area contributed by atoms with Gasteiger partial charge >= 0.3 is 0 Å². The number of benzene rings is 1. The number of amides is 1. The lowest BCUT2D eigenvalue weighted by molar-refractivity contribution is -0.127. The first-order valence-electron chi connectivity index (χ1n) is 6.42. The summed E-state index contributed by atoms with van der Waals surface area (Å²) in [7, 11) is 0. The van der Waals surface area contributed by atoms with E-state index in [4.69, 9.17) is 22.7 Å². The van der Waals surface area contributed by atoms with E-state index in [0.717, 1.165) is 6.42 Å². The van der Waals surface area contributed by atoms with Crippen LogP contribution in [0.2, 0.25) is 0 Å². The van der Waals surface area contributed by atoms with E-state index in [1.54, 1.807) is 6.92 Å². The first-order valence-corrected chi connectivity index (χ1v) is 6.83. The van der Waals surface area contributed by atoms with Gasteiger partial charge in [0.1, 0.15) is 16.6 Å². The summed E-state index contributed by atoms with van der Waals surface area (Å²) in [5.74, 6) is -0.661. The molecule has 2 atom stereocenters. The highest BCUT2D eigenvalue weighted by Crippen LogP contribution is 2.22. The summed E-state index contributed by atoms with van der Waals surface area (Å²) in [6, 6.07) is 4.30. The van der Waals surface area contributed by atoms with Crippen LogP contribution >= 0.6 is 12.2 Å². The van der Waals surface area contributed by atoms with Crippen LogP contribution in [0, 0.1) is 5.82 Å². The average Bonchev–Trinajstić information content (AvgIpc) is 2.37. The van der Waals surface area contributed by atoms with Crippen molar-refractivity contribution >= 4 is 23.1 Å². The van der Waals surface area contributed by atoms with Gasteiger partial charge in [-0.15, -0.1) is 0 Å². The fourth-order valence-electron chi connectivity index (χ4n) is 1.55. The van der Waals surface area contributed by atoms with Crippen LogP contribution in [0.25, 0.3) is 0 Å². The summed E-state index contributed by atoms with van der Waals surface area (Å²) in [5.41, 5.74) is 5.50. The Kier molecular flexibility index (Phi) is 5.88. The molecule has 0 bridgehead atoms. The van der Waals surface area contributed by atoms with Gasteiger partial charge in [-0.3, -0.25) is 4.79 Å². The molecule has 0 aliphatic rings. The molecule has 20 heavy (non-hydrogen) atoms. The minimum Gasteiger partial charge on any atom is -0.480 e. The molecule has 0 saturated heterocycles. The number of thiocarbonyl (C=S) groups is 1. The van der Waals surface area contributed by atoms with Crippen LogP contribution in [0.1, 0.15) is 32.8 Å². The normalized spacial score (nSPS) is 13.4. The number of nitrogens with two attached hydrogens (primary N) is 1. The Morgan fingerprint density at radius 1 is 1.50 bits per heavy atom. The smallest absolute Gasteiger partial charge is 0.260 e. The largest absolute Gasteiger partial charge is 0.480 e.